The molecule has 0 aromatic heterocycles. The van der Waals surface area contributed by atoms with Crippen molar-refractivity contribution in [2.75, 3.05) is 33.4 Å². The van der Waals surface area contributed by atoms with Crippen LogP contribution in [-0.4, -0.2) is 78.2 Å². The van der Waals surface area contributed by atoms with Crippen LogP contribution in [0.1, 0.15) is 19.3 Å². The molecule has 2 N–H and O–H groups in total. The summed E-state index contributed by atoms with van der Waals surface area (Å²) in [4.78, 5) is 38.5. The Hall–Kier alpha value is -1.83. The van der Waals surface area contributed by atoms with Gasteiger partial charge in [-0.25, -0.2) is 4.79 Å². The molecule has 2 fully saturated rings. The Morgan fingerprint density at radius 1 is 1.29 bits per heavy atom. The van der Waals surface area contributed by atoms with E-state index in [2.05, 4.69) is 5.32 Å². The van der Waals surface area contributed by atoms with Crippen LogP contribution in [0, 0.1) is 0 Å². The van der Waals surface area contributed by atoms with Crippen LogP contribution in [0.2, 0.25) is 0 Å². The van der Waals surface area contributed by atoms with E-state index >= 15 is 0 Å². The van der Waals surface area contributed by atoms with Gasteiger partial charge in [0.05, 0.1) is 19.6 Å². The number of aliphatic carboxylic acids is 1. The van der Waals surface area contributed by atoms with Crippen molar-refractivity contribution in [3.63, 3.8) is 0 Å². The number of nitrogens with zero attached hydrogens (tertiary/aromatic N) is 2. The van der Waals surface area contributed by atoms with Crippen LogP contribution in [0.5, 0.6) is 0 Å². The molecule has 2 unspecified atom stereocenters. The third-order valence-electron chi connectivity index (χ3n) is 3.96. The summed E-state index contributed by atoms with van der Waals surface area (Å²) in [6, 6.07) is -1.21. The molecule has 118 valence electrons. The summed E-state index contributed by atoms with van der Waals surface area (Å²) in [6.45, 7) is 1.43. The molecule has 0 spiro atoms. The summed E-state index contributed by atoms with van der Waals surface area (Å²) in [5, 5.41) is 11.5. The monoisotopic (exact) mass is 299 g/mol. The van der Waals surface area contributed by atoms with Crippen LogP contribution < -0.4 is 5.32 Å². The highest BCUT2D eigenvalue weighted by atomic mass is 16.5. The van der Waals surface area contributed by atoms with Gasteiger partial charge in [0, 0.05) is 26.2 Å². The lowest BCUT2D eigenvalue weighted by atomic mass is 10.1. The Labute approximate surface area is 123 Å². The topological polar surface area (TPSA) is 99.2 Å². The van der Waals surface area contributed by atoms with Crippen LogP contribution in [0.25, 0.3) is 0 Å². The Bertz CT molecular complexity index is 428. The molecule has 0 aromatic carbocycles. The van der Waals surface area contributed by atoms with Gasteiger partial charge in [0.1, 0.15) is 6.04 Å². The van der Waals surface area contributed by atoms with E-state index < -0.39 is 12.0 Å². The lowest BCUT2D eigenvalue weighted by molar-refractivity contribution is -0.138. The van der Waals surface area contributed by atoms with Crippen LogP contribution in [0.15, 0.2) is 0 Å². The second-order valence-corrected chi connectivity index (χ2v) is 5.27. The van der Waals surface area contributed by atoms with Crippen molar-refractivity contribution in [1.29, 1.82) is 0 Å². The normalized spacial score (nSPS) is 25.8. The predicted molar refractivity (Wildman–Crippen MR) is 72.8 cm³/mol. The van der Waals surface area contributed by atoms with Gasteiger partial charge < -0.3 is 25.0 Å². The molecule has 2 rings (SSSR count). The van der Waals surface area contributed by atoms with Crippen molar-refractivity contribution in [2.24, 2.45) is 0 Å². The number of carboxylic acids is 1. The van der Waals surface area contributed by atoms with E-state index in [0.717, 1.165) is 6.42 Å². The summed E-state index contributed by atoms with van der Waals surface area (Å²) in [6.07, 6.45) is 1.42. The van der Waals surface area contributed by atoms with Crippen LogP contribution in [0.3, 0.4) is 0 Å². The molecule has 21 heavy (non-hydrogen) atoms. The SMILES string of the molecule is CNC(=O)C1COCCN1C(=O)N1CCCC1CC(=O)O. The molecule has 3 amide bonds. The number of rotatable bonds is 3. The average Bonchev–Trinajstić information content (AvgIpc) is 2.93. The quantitative estimate of drug-likeness (QED) is 0.731. The number of morpholine rings is 1. The van der Waals surface area contributed by atoms with Crippen LogP contribution in [-0.2, 0) is 14.3 Å². The van der Waals surface area contributed by atoms with Gasteiger partial charge in [-0.2, -0.15) is 0 Å². The number of amides is 3. The Morgan fingerprint density at radius 3 is 2.71 bits per heavy atom. The molecule has 2 atom stereocenters. The highest BCUT2D eigenvalue weighted by molar-refractivity contribution is 5.87. The first kappa shape index (κ1) is 15.6. The first-order valence-electron chi connectivity index (χ1n) is 7.13. The van der Waals surface area contributed by atoms with Crippen molar-refractivity contribution in [2.45, 2.75) is 31.3 Å². The summed E-state index contributed by atoms with van der Waals surface area (Å²) in [5.74, 6) is -1.18. The number of ether oxygens (including phenoxy) is 1. The fraction of sp³-hybridized carbons (Fsp3) is 0.769. The van der Waals surface area contributed by atoms with Crippen LogP contribution in [0.4, 0.5) is 4.79 Å². The van der Waals surface area contributed by atoms with Crippen LogP contribution >= 0.6 is 0 Å². The van der Waals surface area contributed by atoms with E-state index in [1.807, 2.05) is 0 Å². The summed E-state index contributed by atoms with van der Waals surface area (Å²) in [5.41, 5.74) is 0. The smallest absolute Gasteiger partial charge is 0.321 e. The second-order valence-electron chi connectivity index (χ2n) is 5.27. The third kappa shape index (κ3) is 3.44. The molecule has 2 aliphatic rings. The standard InChI is InChI=1S/C13H21N3O5/c1-14-12(19)10-8-21-6-5-16(10)13(20)15-4-2-3-9(15)7-11(17)18/h9-10H,2-8H2,1H3,(H,14,19)(H,17,18). The van der Waals surface area contributed by atoms with E-state index in [1.165, 1.54) is 11.9 Å². The van der Waals surface area contributed by atoms with E-state index in [0.29, 0.717) is 26.1 Å². The summed E-state index contributed by atoms with van der Waals surface area (Å²) >= 11 is 0. The van der Waals surface area contributed by atoms with Gasteiger partial charge in [0.2, 0.25) is 5.91 Å². The van der Waals surface area contributed by atoms with E-state index in [4.69, 9.17) is 9.84 Å². The molecule has 0 aliphatic carbocycles. The zero-order valence-electron chi connectivity index (χ0n) is 12.1. The molecule has 0 saturated carbocycles. The number of nitrogens with one attached hydrogen (secondary N) is 1. The van der Waals surface area contributed by atoms with Crippen molar-refractivity contribution in [3.05, 3.63) is 0 Å². The van der Waals surface area contributed by atoms with E-state index in [9.17, 15) is 14.4 Å². The molecule has 2 saturated heterocycles. The molecule has 0 radical (unpaired) electrons. The molecule has 0 aromatic rings. The Morgan fingerprint density at radius 2 is 2.05 bits per heavy atom. The second kappa shape index (κ2) is 6.75. The average molecular weight is 299 g/mol. The zero-order valence-corrected chi connectivity index (χ0v) is 12.1. The first-order valence-corrected chi connectivity index (χ1v) is 7.13. The predicted octanol–water partition coefficient (Wildman–Crippen LogP) is -0.508. The number of carboxylic acid groups (broad SMARTS) is 1. The number of likely N-dealkylation sites (N-methyl/N-ethyl adjacent to an activating group) is 1. The summed E-state index contributed by atoms with van der Waals surface area (Å²) in [7, 11) is 1.52. The third-order valence-corrected chi connectivity index (χ3v) is 3.96. The zero-order chi connectivity index (χ0) is 15.4. The largest absolute Gasteiger partial charge is 0.481 e. The number of hydrogen-bond donors (Lipinski definition) is 2. The van der Waals surface area contributed by atoms with Gasteiger partial charge in [0.15, 0.2) is 0 Å². The van der Waals surface area contributed by atoms with Crippen molar-refractivity contribution in [3.8, 4) is 0 Å². The van der Waals surface area contributed by atoms with E-state index in [-0.39, 0.29) is 31.0 Å². The number of carbonyl (C=O) groups excluding carboxylic acids is 2. The van der Waals surface area contributed by atoms with Crippen molar-refractivity contribution >= 4 is 17.9 Å². The summed E-state index contributed by atoms with van der Waals surface area (Å²) < 4.78 is 5.27. The highest BCUT2D eigenvalue weighted by Crippen LogP contribution is 2.23. The van der Waals surface area contributed by atoms with Gasteiger partial charge in [-0.1, -0.05) is 0 Å². The molecule has 8 heteroatoms. The molecule has 0 bridgehead atoms. The number of urea groups is 1. The number of hydrogen-bond acceptors (Lipinski definition) is 4. The molecule has 8 nitrogen and oxygen atoms in total. The van der Waals surface area contributed by atoms with E-state index in [1.54, 1.807) is 4.90 Å². The minimum Gasteiger partial charge on any atom is -0.481 e. The van der Waals surface area contributed by atoms with Gasteiger partial charge in [-0.15, -0.1) is 0 Å². The van der Waals surface area contributed by atoms with Gasteiger partial charge in [0.25, 0.3) is 0 Å². The Balaban J connectivity index is 2.09. The van der Waals surface area contributed by atoms with Gasteiger partial charge >= 0.3 is 12.0 Å². The fourth-order valence-electron chi connectivity index (χ4n) is 2.88. The molecule has 2 heterocycles. The van der Waals surface area contributed by atoms with Gasteiger partial charge in [-0.3, -0.25) is 9.59 Å². The van der Waals surface area contributed by atoms with Gasteiger partial charge in [-0.05, 0) is 12.8 Å². The maximum Gasteiger partial charge on any atom is 0.321 e. The molecule has 2 aliphatic heterocycles. The highest BCUT2D eigenvalue weighted by Gasteiger charge is 2.38. The molecular weight excluding hydrogens is 278 g/mol. The lowest BCUT2D eigenvalue weighted by Crippen LogP contribution is -2.59. The minimum absolute atomic E-state index is 0.0548. The van der Waals surface area contributed by atoms with Crippen molar-refractivity contribution < 1.29 is 24.2 Å². The number of likely N-dealkylation sites (tertiary alicyclic amines) is 1. The first-order chi connectivity index (χ1) is 10.0. The van der Waals surface area contributed by atoms with Crippen molar-refractivity contribution in [1.82, 2.24) is 15.1 Å². The maximum atomic E-state index is 12.6. The Kier molecular flexibility index (Phi) is 5.00. The fourth-order valence-corrected chi connectivity index (χ4v) is 2.88. The minimum atomic E-state index is -0.912. The maximum absolute atomic E-state index is 12.6. The lowest BCUT2D eigenvalue weighted by Gasteiger charge is -2.38. The molecular formula is C13H21N3O5. The number of carbonyl (C=O) groups is 3.